The van der Waals surface area contributed by atoms with Gasteiger partial charge < -0.3 is 15.3 Å². The smallest absolute Gasteiger partial charge is 0.240 e. The van der Waals surface area contributed by atoms with E-state index in [0.717, 1.165) is 37.7 Å². The summed E-state index contributed by atoms with van der Waals surface area (Å²) < 4.78 is 0. The maximum atomic E-state index is 13.8. The van der Waals surface area contributed by atoms with Gasteiger partial charge in [0.05, 0.1) is 6.04 Å². The zero-order valence-corrected chi connectivity index (χ0v) is 18.8. The van der Waals surface area contributed by atoms with Crippen LogP contribution in [-0.4, -0.2) is 34.0 Å². The number of phenols is 1. The molecule has 1 heterocycles. The summed E-state index contributed by atoms with van der Waals surface area (Å²) >= 11 is 0. The third-order valence-electron chi connectivity index (χ3n) is 6.05. The van der Waals surface area contributed by atoms with Crippen LogP contribution in [0.4, 0.5) is 0 Å². The SMILES string of the molecule is C=CCC[C@@H]1C[C@H](Cc2ccccc2)N(Cc2ccc(O)cc2)C(=O)[C@H](CC(C)C)N1. The Morgan fingerprint density at radius 1 is 1.13 bits per heavy atom. The number of nitrogens with one attached hydrogen (secondary N) is 1. The first-order chi connectivity index (χ1) is 15.0. The van der Waals surface area contributed by atoms with Crippen molar-refractivity contribution in [3.63, 3.8) is 0 Å². The minimum Gasteiger partial charge on any atom is -0.508 e. The van der Waals surface area contributed by atoms with Crippen LogP contribution < -0.4 is 5.32 Å². The fourth-order valence-electron chi connectivity index (χ4n) is 4.50. The second kappa shape index (κ2) is 11.1. The molecule has 166 valence electrons. The van der Waals surface area contributed by atoms with Gasteiger partial charge in [-0.2, -0.15) is 0 Å². The first-order valence-electron chi connectivity index (χ1n) is 11.5. The van der Waals surface area contributed by atoms with E-state index in [9.17, 15) is 9.90 Å². The number of hydrogen-bond acceptors (Lipinski definition) is 3. The van der Waals surface area contributed by atoms with E-state index in [4.69, 9.17) is 0 Å². The maximum Gasteiger partial charge on any atom is 0.240 e. The number of carbonyl (C=O) groups is 1. The molecule has 1 amide bonds. The van der Waals surface area contributed by atoms with Gasteiger partial charge in [0.2, 0.25) is 5.91 Å². The quantitative estimate of drug-likeness (QED) is 0.557. The van der Waals surface area contributed by atoms with Gasteiger partial charge >= 0.3 is 0 Å². The van der Waals surface area contributed by atoms with Crippen LogP contribution in [0, 0.1) is 5.92 Å². The lowest BCUT2D eigenvalue weighted by molar-refractivity contribution is -0.135. The van der Waals surface area contributed by atoms with Crippen LogP contribution in [0.25, 0.3) is 0 Å². The molecule has 1 saturated heterocycles. The van der Waals surface area contributed by atoms with Crippen LogP contribution in [0.5, 0.6) is 5.75 Å². The Hall–Kier alpha value is -2.59. The van der Waals surface area contributed by atoms with Gasteiger partial charge in [-0.05, 0) is 61.3 Å². The van der Waals surface area contributed by atoms with Crippen molar-refractivity contribution in [3.05, 3.63) is 78.4 Å². The van der Waals surface area contributed by atoms with Gasteiger partial charge in [0.25, 0.3) is 0 Å². The molecule has 1 aliphatic heterocycles. The van der Waals surface area contributed by atoms with Gasteiger partial charge in [-0.1, -0.05) is 62.4 Å². The third kappa shape index (κ3) is 6.70. The number of hydrogen-bond donors (Lipinski definition) is 2. The molecule has 0 bridgehead atoms. The molecule has 3 atom stereocenters. The Balaban J connectivity index is 1.92. The van der Waals surface area contributed by atoms with Crippen LogP contribution in [0.2, 0.25) is 0 Å². The highest BCUT2D eigenvalue weighted by Gasteiger charge is 2.36. The van der Waals surface area contributed by atoms with Crippen LogP contribution in [-0.2, 0) is 17.8 Å². The van der Waals surface area contributed by atoms with Crippen molar-refractivity contribution in [1.82, 2.24) is 10.2 Å². The van der Waals surface area contributed by atoms with E-state index in [2.05, 4.69) is 54.9 Å². The molecule has 1 fully saturated rings. The molecule has 1 aliphatic rings. The molecule has 2 N–H and O–H groups in total. The fourth-order valence-corrected chi connectivity index (χ4v) is 4.50. The molecule has 0 radical (unpaired) electrons. The molecule has 2 aromatic rings. The summed E-state index contributed by atoms with van der Waals surface area (Å²) in [6.45, 7) is 8.79. The molecular formula is C27H36N2O2. The summed E-state index contributed by atoms with van der Waals surface area (Å²) in [5.41, 5.74) is 2.29. The zero-order valence-electron chi connectivity index (χ0n) is 18.8. The average molecular weight is 421 g/mol. The Morgan fingerprint density at radius 2 is 1.84 bits per heavy atom. The number of allylic oxidation sites excluding steroid dienone is 1. The molecule has 2 aromatic carbocycles. The van der Waals surface area contributed by atoms with E-state index in [1.54, 1.807) is 12.1 Å². The van der Waals surface area contributed by atoms with Crippen LogP contribution >= 0.6 is 0 Å². The molecular weight excluding hydrogens is 384 g/mol. The largest absolute Gasteiger partial charge is 0.508 e. The molecule has 4 nitrogen and oxygen atoms in total. The standard InChI is InChI=1S/C27H36N2O2/c1-4-5-11-23-18-24(17-21-9-7-6-8-10-21)29(19-22-12-14-25(30)15-13-22)27(31)26(28-23)16-20(2)3/h4,6-10,12-15,20,23-24,26,28,30H,1,5,11,16-19H2,2-3H3/t23-,24+,26+/m1/s1. The summed E-state index contributed by atoms with van der Waals surface area (Å²) in [7, 11) is 0. The van der Waals surface area contributed by atoms with Gasteiger partial charge in [-0.3, -0.25) is 4.79 Å². The van der Waals surface area contributed by atoms with E-state index in [0.29, 0.717) is 12.5 Å². The van der Waals surface area contributed by atoms with Gasteiger partial charge in [-0.25, -0.2) is 0 Å². The van der Waals surface area contributed by atoms with Crippen molar-refractivity contribution in [3.8, 4) is 5.75 Å². The van der Waals surface area contributed by atoms with E-state index >= 15 is 0 Å². The van der Waals surface area contributed by atoms with Crippen LogP contribution in [0.15, 0.2) is 67.3 Å². The lowest BCUT2D eigenvalue weighted by Crippen LogP contribution is -2.48. The van der Waals surface area contributed by atoms with E-state index < -0.39 is 0 Å². The number of amides is 1. The Labute approximate surface area is 187 Å². The highest BCUT2D eigenvalue weighted by molar-refractivity contribution is 5.82. The predicted octanol–water partition coefficient (Wildman–Crippen LogP) is 5.07. The van der Waals surface area contributed by atoms with Gasteiger partial charge in [0.1, 0.15) is 5.75 Å². The molecule has 0 unspecified atom stereocenters. The lowest BCUT2D eigenvalue weighted by Gasteiger charge is -2.32. The lowest BCUT2D eigenvalue weighted by atomic mass is 9.96. The molecule has 31 heavy (non-hydrogen) atoms. The Bertz CT molecular complexity index is 832. The molecule has 0 aromatic heterocycles. The van der Waals surface area contributed by atoms with Crippen LogP contribution in [0.1, 0.15) is 50.7 Å². The molecule has 4 heteroatoms. The number of rotatable bonds is 9. The number of aromatic hydroxyl groups is 1. The van der Waals surface area contributed by atoms with E-state index in [1.165, 1.54) is 5.56 Å². The van der Waals surface area contributed by atoms with Crippen molar-refractivity contribution in [1.29, 1.82) is 0 Å². The topological polar surface area (TPSA) is 52.6 Å². The highest BCUT2D eigenvalue weighted by Crippen LogP contribution is 2.26. The third-order valence-corrected chi connectivity index (χ3v) is 6.05. The minimum atomic E-state index is -0.173. The minimum absolute atomic E-state index is 0.114. The van der Waals surface area contributed by atoms with Gasteiger partial charge in [0.15, 0.2) is 0 Å². The van der Waals surface area contributed by atoms with Crippen molar-refractivity contribution < 1.29 is 9.90 Å². The second-order valence-corrected chi connectivity index (χ2v) is 9.12. The van der Waals surface area contributed by atoms with Crippen molar-refractivity contribution in [2.75, 3.05) is 0 Å². The van der Waals surface area contributed by atoms with E-state index in [1.807, 2.05) is 24.3 Å². The van der Waals surface area contributed by atoms with Gasteiger partial charge in [-0.15, -0.1) is 6.58 Å². The summed E-state index contributed by atoms with van der Waals surface area (Å²) in [4.78, 5) is 15.8. The zero-order chi connectivity index (χ0) is 22.2. The van der Waals surface area contributed by atoms with Crippen molar-refractivity contribution in [2.24, 2.45) is 5.92 Å². The Morgan fingerprint density at radius 3 is 2.48 bits per heavy atom. The number of nitrogens with zero attached hydrogens (tertiary/aromatic N) is 1. The number of carbonyl (C=O) groups excluding carboxylic acids is 1. The maximum absolute atomic E-state index is 13.8. The van der Waals surface area contributed by atoms with E-state index in [-0.39, 0.29) is 29.8 Å². The summed E-state index contributed by atoms with van der Waals surface area (Å²) in [5.74, 6) is 0.863. The second-order valence-electron chi connectivity index (χ2n) is 9.12. The van der Waals surface area contributed by atoms with Crippen LogP contribution in [0.3, 0.4) is 0 Å². The number of benzene rings is 2. The molecule has 0 spiro atoms. The molecule has 0 aliphatic carbocycles. The highest BCUT2D eigenvalue weighted by atomic mass is 16.3. The Kier molecular flexibility index (Phi) is 8.30. The van der Waals surface area contributed by atoms with Crippen molar-refractivity contribution in [2.45, 2.75) is 70.6 Å². The summed E-state index contributed by atoms with van der Waals surface area (Å²) in [5, 5.41) is 13.4. The monoisotopic (exact) mass is 420 g/mol. The normalized spacial score (nSPS) is 21.8. The van der Waals surface area contributed by atoms with Crippen molar-refractivity contribution >= 4 is 5.91 Å². The average Bonchev–Trinajstić information content (AvgIpc) is 2.86. The number of phenolic OH excluding ortho intramolecular Hbond substituents is 1. The summed E-state index contributed by atoms with van der Waals surface area (Å²) in [6, 6.07) is 17.9. The molecule has 3 rings (SSSR count). The first-order valence-corrected chi connectivity index (χ1v) is 11.5. The fraction of sp³-hybridized carbons (Fsp3) is 0.444. The summed E-state index contributed by atoms with van der Waals surface area (Å²) in [6.07, 6.45) is 6.48. The van der Waals surface area contributed by atoms with Gasteiger partial charge in [0, 0.05) is 18.6 Å². The predicted molar refractivity (Wildman–Crippen MR) is 127 cm³/mol. The molecule has 0 saturated carbocycles. The first kappa shape index (κ1) is 23.1.